The highest BCUT2D eigenvalue weighted by molar-refractivity contribution is 5.92. The van der Waals surface area contributed by atoms with Gasteiger partial charge in [-0.25, -0.2) is 4.79 Å². The second kappa shape index (κ2) is 15.0. The van der Waals surface area contributed by atoms with Crippen LogP contribution in [0.15, 0.2) is 201 Å². The summed E-state index contributed by atoms with van der Waals surface area (Å²) in [5, 5.41) is 0. The van der Waals surface area contributed by atoms with Crippen molar-refractivity contribution < 1.29 is 9.53 Å². The SMILES string of the molecule is C=CC(=O)Oc1ccc(/C(=C\c2ccc(N(c3ccc(-c4ccccc4)cc3)c3ccc(-c4ccccc4)cc3)cc2)c2ccccc2)cc1. The van der Waals surface area contributed by atoms with Gasteiger partial charge < -0.3 is 9.64 Å². The number of carbonyl (C=O) groups excluding carboxylic acids is 1. The van der Waals surface area contributed by atoms with E-state index in [-0.39, 0.29) is 0 Å². The Morgan fingerprint density at radius 2 is 0.860 bits per heavy atom. The van der Waals surface area contributed by atoms with Crippen molar-refractivity contribution in [3.05, 3.63) is 217 Å². The van der Waals surface area contributed by atoms with Gasteiger partial charge in [0.15, 0.2) is 0 Å². The van der Waals surface area contributed by atoms with E-state index in [4.69, 9.17) is 4.74 Å². The standard InChI is InChI=1S/C47H35NO2/c1-2-47(49)50-45-32-24-41(25-33-45)46(40-16-10-5-11-17-40)34-35-18-26-42(27-19-35)48(43-28-20-38(21-29-43)36-12-6-3-7-13-36)44-30-22-39(23-31-44)37-14-8-4-9-15-37/h2-34H,1H2/b46-34-. The van der Waals surface area contributed by atoms with Gasteiger partial charge in [-0.1, -0.05) is 146 Å². The average Bonchev–Trinajstić information content (AvgIpc) is 3.19. The quantitative estimate of drug-likeness (QED) is 0.0641. The van der Waals surface area contributed by atoms with Crippen molar-refractivity contribution in [2.75, 3.05) is 4.90 Å². The van der Waals surface area contributed by atoms with Gasteiger partial charge >= 0.3 is 5.97 Å². The molecule has 0 fully saturated rings. The molecule has 3 heteroatoms. The van der Waals surface area contributed by atoms with Gasteiger partial charge in [0.05, 0.1) is 0 Å². The maximum absolute atomic E-state index is 11.7. The van der Waals surface area contributed by atoms with Gasteiger partial charge in [0.1, 0.15) is 5.75 Å². The Labute approximate surface area is 293 Å². The smallest absolute Gasteiger partial charge is 0.335 e. The van der Waals surface area contributed by atoms with Crippen molar-refractivity contribution in [2.45, 2.75) is 0 Å². The lowest BCUT2D eigenvalue weighted by molar-refractivity contribution is -0.128. The Kier molecular flexibility index (Phi) is 9.57. The van der Waals surface area contributed by atoms with Crippen LogP contribution in [0.4, 0.5) is 17.1 Å². The van der Waals surface area contributed by atoms with Crippen LogP contribution in [-0.4, -0.2) is 5.97 Å². The van der Waals surface area contributed by atoms with Gasteiger partial charge in [-0.05, 0) is 99.1 Å². The summed E-state index contributed by atoms with van der Waals surface area (Å²) in [6.45, 7) is 3.48. The molecule has 0 atom stereocenters. The zero-order valence-electron chi connectivity index (χ0n) is 27.5. The molecule has 0 unspecified atom stereocenters. The molecule has 3 nitrogen and oxygen atoms in total. The van der Waals surface area contributed by atoms with Crippen molar-refractivity contribution >= 4 is 34.7 Å². The van der Waals surface area contributed by atoms with Crippen LogP contribution in [0.3, 0.4) is 0 Å². The molecule has 50 heavy (non-hydrogen) atoms. The Balaban J connectivity index is 1.24. The molecule has 0 amide bonds. The first-order valence-electron chi connectivity index (χ1n) is 16.6. The lowest BCUT2D eigenvalue weighted by Crippen LogP contribution is -2.09. The van der Waals surface area contributed by atoms with E-state index in [0.717, 1.165) is 45.4 Å². The van der Waals surface area contributed by atoms with Gasteiger partial charge in [-0.3, -0.25) is 0 Å². The fourth-order valence-corrected chi connectivity index (χ4v) is 6.01. The van der Waals surface area contributed by atoms with E-state index >= 15 is 0 Å². The number of anilines is 3. The van der Waals surface area contributed by atoms with E-state index in [1.807, 2.05) is 42.5 Å². The molecule has 0 radical (unpaired) electrons. The van der Waals surface area contributed by atoms with Gasteiger partial charge in [0.2, 0.25) is 0 Å². The van der Waals surface area contributed by atoms with Crippen molar-refractivity contribution in [3.63, 3.8) is 0 Å². The fourth-order valence-electron chi connectivity index (χ4n) is 6.01. The first-order valence-corrected chi connectivity index (χ1v) is 16.6. The number of benzene rings is 7. The Hall–Kier alpha value is -6.71. The molecule has 0 bridgehead atoms. The summed E-state index contributed by atoms with van der Waals surface area (Å²) in [4.78, 5) is 14.0. The van der Waals surface area contributed by atoms with Gasteiger partial charge in [0.25, 0.3) is 0 Å². The molecule has 0 aromatic heterocycles. The summed E-state index contributed by atoms with van der Waals surface area (Å²) in [6.07, 6.45) is 3.35. The minimum Gasteiger partial charge on any atom is -0.423 e. The van der Waals surface area contributed by atoms with Crippen LogP contribution >= 0.6 is 0 Å². The highest BCUT2D eigenvalue weighted by atomic mass is 16.5. The summed E-state index contributed by atoms with van der Waals surface area (Å²) in [5.74, 6) is -0.00547. The number of rotatable bonds is 10. The molecule has 7 rings (SSSR count). The van der Waals surface area contributed by atoms with E-state index in [0.29, 0.717) is 5.75 Å². The van der Waals surface area contributed by atoms with Crippen LogP contribution in [0.25, 0.3) is 33.9 Å². The number of hydrogen-bond acceptors (Lipinski definition) is 3. The van der Waals surface area contributed by atoms with Crippen molar-refractivity contribution in [1.82, 2.24) is 0 Å². The maximum atomic E-state index is 11.7. The first kappa shape index (κ1) is 31.9. The molecular weight excluding hydrogens is 611 g/mol. The lowest BCUT2D eigenvalue weighted by Gasteiger charge is -2.26. The molecule has 0 N–H and O–H groups in total. The average molecular weight is 646 g/mol. The van der Waals surface area contributed by atoms with Crippen LogP contribution in [0, 0.1) is 0 Å². The van der Waals surface area contributed by atoms with Crippen LogP contribution in [-0.2, 0) is 4.79 Å². The predicted molar refractivity (Wildman–Crippen MR) is 208 cm³/mol. The topological polar surface area (TPSA) is 29.5 Å². The summed E-state index contributed by atoms with van der Waals surface area (Å²) in [7, 11) is 0. The third-order valence-electron chi connectivity index (χ3n) is 8.56. The summed E-state index contributed by atoms with van der Waals surface area (Å²) >= 11 is 0. The second-order valence-corrected chi connectivity index (χ2v) is 11.8. The van der Waals surface area contributed by atoms with Crippen LogP contribution < -0.4 is 9.64 Å². The Morgan fingerprint density at radius 3 is 1.32 bits per heavy atom. The predicted octanol–water partition coefficient (Wildman–Crippen LogP) is 12.2. The highest BCUT2D eigenvalue weighted by Crippen LogP contribution is 2.37. The third-order valence-corrected chi connectivity index (χ3v) is 8.56. The highest BCUT2D eigenvalue weighted by Gasteiger charge is 2.14. The number of hydrogen-bond donors (Lipinski definition) is 0. The molecule has 0 heterocycles. The van der Waals surface area contributed by atoms with Crippen LogP contribution in [0.2, 0.25) is 0 Å². The van der Waals surface area contributed by atoms with Crippen molar-refractivity contribution in [3.8, 4) is 28.0 Å². The number of ether oxygens (including phenoxy) is 1. The number of carbonyl (C=O) groups is 1. The molecule has 240 valence electrons. The normalized spacial score (nSPS) is 11.1. The van der Waals surface area contributed by atoms with Gasteiger partial charge in [-0.15, -0.1) is 0 Å². The molecule has 0 spiro atoms. The van der Waals surface area contributed by atoms with Crippen molar-refractivity contribution in [1.29, 1.82) is 0 Å². The van der Waals surface area contributed by atoms with Crippen LogP contribution in [0.1, 0.15) is 16.7 Å². The first-order chi connectivity index (χ1) is 24.6. The zero-order valence-corrected chi connectivity index (χ0v) is 27.5. The van der Waals surface area contributed by atoms with E-state index in [1.165, 1.54) is 22.3 Å². The second-order valence-electron chi connectivity index (χ2n) is 11.8. The minimum absolute atomic E-state index is 0.476. The van der Waals surface area contributed by atoms with Crippen LogP contribution in [0.5, 0.6) is 5.75 Å². The Bertz CT molecular complexity index is 2120. The largest absolute Gasteiger partial charge is 0.423 e. The number of esters is 1. The van der Waals surface area contributed by atoms with E-state index in [1.54, 1.807) is 12.1 Å². The van der Waals surface area contributed by atoms with Crippen molar-refractivity contribution in [2.24, 2.45) is 0 Å². The zero-order chi connectivity index (χ0) is 34.1. The lowest BCUT2D eigenvalue weighted by atomic mass is 9.95. The van der Waals surface area contributed by atoms with E-state index < -0.39 is 5.97 Å². The Morgan fingerprint density at radius 1 is 0.460 bits per heavy atom. The molecule has 0 aliphatic carbocycles. The minimum atomic E-state index is -0.481. The summed E-state index contributed by atoms with van der Waals surface area (Å²) in [5.41, 5.74) is 12.2. The maximum Gasteiger partial charge on any atom is 0.335 e. The molecule has 0 aliphatic rings. The molecule has 0 saturated heterocycles. The van der Waals surface area contributed by atoms with Gasteiger partial charge in [0, 0.05) is 23.1 Å². The fraction of sp³-hybridized carbons (Fsp3) is 0. The summed E-state index contributed by atoms with van der Waals surface area (Å²) in [6, 6.07) is 64.9. The number of nitrogens with zero attached hydrogens (tertiary/aromatic N) is 1. The molecule has 7 aromatic carbocycles. The molecule has 7 aromatic rings. The summed E-state index contributed by atoms with van der Waals surface area (Å²) < 4.78 is 5.31. The molecule has 0 saturated carbocycles. The molecular formula is C47H35NO2. The third kappa shape index (κ3) is 7.38. The monoisotopic (exact) mass is 645 g/mol. The molecule has 0 aliphatic heterocycles. The van der Waals surface area contributed by atoms with E-state index in [9.17, 15) is 4.79 Å². The van der Waals surface area contributed by atoms with E-state index in [2.05, 4.69) is 151 Å². The van der Waals surface area contributed by atoms with Gasteiger partial charge in [-0.2, -0.15) is 0 Å².